The summed E-state index contributed by atoms with van der Waals surface area (Å²) >= 11 is 5.82. The van der Waals surface area contributed by atoms with Crippen molar-refractivity contribution < 1.29 is 4.79 Å². The highest BCUT2D eigenvalue weighted by Crippen LogP contribution is 2.27. The van der Waals surface area contributed by atoms with Crippen molar-refractivity contribution in [1.82, 2.24) is 0 Å². The van der Waals surface area contributed by atoms with E-state index in [-0.39, 0.29) is 5.78 Å². The number of hydrogen-bond acceptors (Lipinski definition) is 1. The molecule has 1 fully saturated rings. The molecule has 1 saturated carbocycles. The molecule has 0 amide bonds. The first-order valence-corrected chi connectivity index (χ1v) is 4.48. The molecular weight excluding hydrogens is 160 g/mol. The van der Waals surface area contributed by atoms with Crippen molar-refractivity contribution in [2.45, 2.75) is 39.0 Å². The quantitative estimate of drug-likeness (QED) is 0.556. The number of allylic oxidation sites excluding steroid dienone is 2. The fraction of sp³-hybridized carbons (Fsp3) is 0.667. The largest absolute Gasteiger partial charge is 0.294 e. The van der Waals surface area contributed by atoms with E-state index in [2.05, 4.69) is 0 Å². The Balaban J connectivity index is 2.68. The molecule has 0 aromatic heterocycles. The molecule has 0 heterocycles. The maximum Gasteiger partial charge on any atom is 0.171 e. The third kappa shape index (κ3) is 2.33. The van der Waals surface area contributed by atoms with Crippen molar-refractivity contribution in [3.63, 3.8) is 0 Å². The highest BCUT2D eigenvalue weighted by molar-refractivity contribution is 6.42. The van der Waals surface area contributed by atoms with Gasteiger partial charge in [-0.05, 0) is 31.3 Å². The van der Waals surface area contributed by atoms with E-state index >= 15 is 0 Å². The van der Waals surface area contributed by atoms with Crippen LogP contribution in [0.4, 0.5) is 0 Å². The summed E-state index contributed by atoms with van der Waals surface area (Å²) in [4.78, 5) is 10.9. The van der Waals surface area contributed by atoms with E-state index in [0.29, 0.717) is 5.03 Å². The van der Waals surface area contributed by atoms with Crippen LogP contribution in [0.2, 0.25) is 0 Å². The predicted molar refractivity (Wildman–Crippen MR) is 46.6 cm³/mol. The monoisotopic (exact) mass is 172 g/mol. The molecule has 1 nitrogen and oxygen atoms in total. The minimum absolute atomic E-state index is 0.0172. The van der Waals surface area contributed by atoms with Gasteiger partial charge in [-0.15, -0.1) is 0 Å². The van der Waals surface area contributed by atoms with Gasteiger partial charge in [0.15, 0.2) is 5.78 Å². The van der Waals surface area contributed by atoms with Crippen molar-refractivity contribution >= 4 is 17.4 Å². The first-order chi connectivity index (χ1) is 5.22. The van der Waals surface area contributed by atoms with Crippen molar-refractivity contribution in [3.8, 4) is 0 Å². The summed E-state index contributed by atoms with van der Waals surface area (Å²) in [5.74, 6) is 0.0172. The lowest BCUT2D eigenvalue weighted by Gasteiger charge is -2.14. The van der Waals surface area contributed by atoms with Gasteiger partial charge in [0, 0.05) is 6.92 Å². The molecule has 1 rings (SSSR count). The molecule has 0 atom stereocenters. The second kappa shape index (κ2) is 3.91. The second-order valence-electron chi connectivity index (χ2n) is 3.03. The number of halogens is 1. The Kier molecular flexibility index (Phi) is 3.13. The molecular formula is C9H13ClO. The normalized spacial score (nSPS) is 18.2. The van der Waals surface area contributed by atoms with Gasteiger partial charge >= 0.3 is 0 Å². The van der Waals surface area contributed by atoms with Crippen LogP contribution in [0.25, 0.3) is 0 Å². The lowest BCUT2D eigenvalue weighted by atomic mass is 9.94. The molecule has 11 heavy (non-hydrogen) atoms. The number of ketones is 1. The summed E-state index contributed by atoms with van der Waals surface area (Å²) < 4.78 is 0. The number of carbonyl (C=O) groups excluding carboxylic acids is 1. The lowest BCUT2D eigenvalue weighted by molar-refractivity contribution is -0.113. The third-order valence-corrected chi connectivity index (χ3v) is 2.61. The second-order valence-corrected chi connectivity index (χ2v) is 3.41. The van der Waals surface area contributed by atoms with Crippen LogP contribution in [0.3, 0.4) is 0 Å². The van der Waals surface area contributed by atoms with E-state index < -0.39 is 0 Å². The van der Waals surface area contributed by atoms with Crippen molar-refractivity contribution in [2.24, 2.45) is 0 Å². The van der Waals surface area contributed by atoms with E-state index in [1.165, 1.54) is 31.8 Å². The molecule has 62 valence electrons. The van der Waals surface area contributed by atoms with E-state index in [1.54, 1.807) is 0 Å². The molecule has 0 spiro atoms. The smallest absolute Gasteiger partial charge is 0.171 e. The maximum atomic E-state index is 10.9. The van der Waals surface area contributed by atoms with Gasteiger partial charge < -0.3 is 0 Å². The summed E-state index contributed by atoms with van der Waals surface area (Å²) in [5.41, 5.74) is 1.17. The van der Waals surface area contributed by atoms with Gasteiger partial charge in [0.1, 0.15) is 0 Å². The van der Waals surface area contributed by atoms with Gasteiger partial charge in [-0.25, -0.2) is 0 Å². The molecule has 0 bridgehead atoms. The van der Waals surface area contributed by atoms with Crippen LogP contribution in [0.15, 0.2) is 10.6 Å². The fourth-order valence-corrected chi connectivity index (χ4v) is 1.64. The zero-order valence-corrected chi connectivity index (χ0v) is 7.58. The standard InChI is InChI=1S/C9H13ClO/c1-7(11)9(10)8-5-3-2-4-6-8/h2-6H2,1H3. The molecule has 1 aliphatic rings. The van der Waals surface area contributed by atoms with Gasteiger partial charge in [-0.1, -0.05) is 18.0 Å². The van der Waals surface area contributed by atoms with Gasteiger partial charge in [0.25, 0.3) is 0 Å². The first kappa shape index (κ1) is 8.79. The lowest BCUT2D eigenvalue weighted by Crippen LogP contribution is -2.00. The van der Waals surface area contributed by atoms with Crippen molar-refractivity contribution in [3.05, 3.63) is 10.6 Å². The summed E-state index contributed by atoms with van der Waals surface area (Å²) in [7, 11) is 0. The minimum atomic E-state index is 0.0172. The van der Waals surface area contributed by atoms with Crippen LogP contribution in [0.1, 0.15) is 39.0 Å². The fourth-order valence-electron chi connectivity index (χ4n) is 1.45. The van der Waals surface area contributed by atoms with Gasteiger partial charge in [-0.2, -0.15) is 0 Å². The number of carbonyl (C=O) groups is 1. The zero-order valence-electron chi connectivity index (χ0n) is 6.82. The molecule has 0 radical (unpaired) electrons. The molecule has 1 aliphatic carbocycles. The van der Waals surface area contributed by atoms with Gasteiger partial charge in [0.05, 0.1) is 5.03 Å². The summed E-state index contributed by atoms with van der Waals surface area (Å²) in [6, 6.07) is 0. The van der Waals surface area contributed by atoms with E-state index in [4.69, 9.17) is 11.6 Å². The van der Waals surface area contributed by atoms with Crippen LogP contribution in [-0.2, 0) is 4.79 Å². The number of rotatable bonds is 1. The number of Topliss-reactive ketones (excluding diaryl/α,β-unsaturated/α-hetero) is 1. The molecule has 2 heteroatoms. The average molecular weight is 173 g/mol. The Morgan fingerprint density at radius 3 is 2.27 bits per heavy atom. The highest BCUT2D eigenvalue weighted by atomic mass is 35.5. The SMILES string of the molecule is CC(=O)C(Cl)=C1CCCCC1. The Hall–Kier alpha value is -0.300. The average Bonchev–Trinajstić information content (AvgIpc) is 2.05. The summed E-state index contributed by atoms with van der Waals surface area (Å²) in [6.45, 7) is 1.53. The molecule has 0 aromatic carbocycles. The van der Waals surface area contributed by atoms with Crippen LogP contribution in [0, 0.1) is 0 Å². The van der Waals surface area contributed by atoms with Crippen LogP contribution >= 0.6 is 11.6 Å². The Bertz CT molecular complexity index is 186. The third-order valence-electron chi connectivity index (χ3n) is 2.08. The zero-order chi connectivity index (χ0) is 8.27. The molecule has 0 aliphatic heterocycles. The van der Waals surface area contributed by atoms with Crippen LogP contribution in [0.5, 0.6) is 0 Å². The van der Waals surface area contributed by atoms with E-state index in [0.717, 1.165) is 12.8 Å². The molecule has 0 unspecified atom stereocenters. The van der Waals surface area contributed by atoms with Gasteiger partial charge in [-0.3, -0.25) is 4.79 Å². The highest BCUT2D eigenvalue weighted by Gasteiger charge is 2.11. The van der Waals surface area contributed by atoms with Crippen molar-refractivity contribution in [1.29, 1.82) is 0 Å². The Morgan fingerprint density at radius 1 is 1.27 bits per heavy atom. The topological polar surface area (TPSA) is 17.1 Å². The van der Waals surface area contributed by atoms with E-state index in [9.17, 15) is 4.79 Å². The van der Waals surface area contributed by atoms with E-state index in [1.807, 2.05) is 0 Å². The first-order valence-electron chi connectivity index (χ1n) is 4.10. The maximum absolute atomic E-state index is 10.9. The molecule has 0 aromatic rings. The minimum Gasteiger partial charge on any atom is -0.294 e. The molecule has 0 N–H and O–H groups in total. The van der Waals surface area contributed by atoms with Crippen molar-refractivity contribution in [2.75, 3.05) is 0 Å². The van der Waals surface area contributed by atoms with Crippen LogP contribution in [-0.4, -0.2) is 5.78 Å². The molecule has 0 saturated heterocycles. The predicted octanol–water partition coefficient (Wildman–Crippen LogP) is 3.03. The summed E-state index contributed by atoms with van der Waals surface area (Å²) in [6.07, 6.45) is 5.72. The Morgan fingerprint density at radius 2 is 1.82 bits per heavy atom. The summed E-state index contributed by atoms with van der Waals surface area (Å²) in [5, 5.41) is 0.490. The van der Waals surface area contributed by atoms with Gasteiger partial charge in [0.2, 0.25) is 0 Å². The van der Waals surface area contributed by atoms with Crippen LogP contribution < -0.4 is 0 Å². The number of hydrogen-bond donors (Lipinski definition) is 0. The Labute approximate surface area is 72.4 Å².